The van der Waals surface area contributed by atoms with Crippen LogP contribution in [0.15, 0.2) is 0 Å². The lowest BCUT2D eigenvalue weighted by Gasteiger charge is -2.32. The molecular formula is C10H22N2O. The second-order valence-corrected chi connectivity index (χ2v) is 4.17. The van der Waals surface area contributed by atoms with Gasteiger partial charge in [-0.15, -0.1) is 0 Å². The van der Waals surface area contributed by atoms with Crippen molar-refractivity contribution in [1.82, 2.24) is 4.90 Å². The summed E-state index contributed by atoms with van der Waals surface area (Å²) >= 11 is 0. The number of aliphatic hydroxyl groups is 1. The van der Waals surface area contributed by atoms with Crippen molar-refractivity contribution in [3.63, 3.8) is 0 Å². The molecule has 3 N–H and O–H groups in total. The maximum atomic E-state index is 9.21. The van der Waals surface area contributed by atoms with Crippen LogP contribution in [0.25, 0.3) is 0 Å². The third-order valence-corrected chi connectivity index (χ3v) is 2.80. The molecule has 78 valence electrons. The largest absolute Gasteiger partial charge is 0.392 e. The predicted molar refractivity (Wildman–Crippen MR) is 54.5 cm³/mol. The molecule has 1 rings (SSSR count). The van der Waals surface area contributed by atoms with E-state index in [4.69, 9.17) is 5.73 Å². The third-order valence-electron chi connectivity index (χ3n) is 2.80. The van der Waals surface area contributed by atoms with Gasteiger partial charge in [0, 0.05) is 6.54 Å². The van der Waals surface area contributed by atoms with E-state index in [9.17, 15) is 5.11 Å². The van der Waals surface area contributed by atoms with Gasteiger partial charge in [0.25, 0.3) is 0 Å². The van der Waals surface area contributed by atoms with Gasteiger partial charge in [0.2, 0.25) is 0 Å². The lowest BCUT2D eigenvalue weighted by Crippen LogP contribution is -2.38. The highest BCUT2D eigenvalue weighted by Crippen LogP contribution is 2.19. The first-order valence-electron chi connectivity index (χ1n) is 5.33. The van der Waals surface area contributed by atoms with E-state index in [1.165, 1.54) is 19.3 Å². The summed E-state index contributed by atoms with van der Waals surface area (Å²) in [5, 5.41) is 9.21. The molecule has 0 amide bonds. The van der Waals surface area contributed by atoms with E-state index in [0.29, 0.717) is 0 Å². The smallest absolute Gasteiger partial charge is 0.0639 e. The number of aliphatic hydroxyl groups excluding tert-OH is 1. The fourth-order valence-electron chi connectivity index (χ4n) is 2.07. The first-order valence-corrected chi connectivity index (χ1v) is 5.33. The van der Waals surface area contributed by atoms with Crippen LogP contribution in [0.3, 0.4) is 0 Å². The monoisotopic (exact) mass is 186 g/mol. The number of β-amino-alcohol motifs (C(OH)–C–C–N with tert-alkyl or cyclic N) is 1. The van der Waals surface area contributed by atoms with Gasteiger partial charge in [-0.3, -0.25) is 0 Å². The van der Waals surface area contributed by atoms with Gasteiger partial charge < -0.3 is 15.7 Å². The molecule has 1 aliphatic heterocycles. The molecule has 0 aromatic rings. The van der Waals surface area contributed by atoms with Gasteiger partial charge in [0.15, 0.2) is 0 Å². The summed E-state index contributed by atoms with van der Waals surface area (Å²) in [6.45, 7) is 5.77. The van der Waals surface area contributed by atoms with Gasteiger partial charge in [-0.05, 0) is 51.7 Å². The van der Waals surface area contributed by atoms with Crippen LogP contribution < -0.4 is 5.73 Å². The third kappa shape index (κ3) is 4.07. The Kier molecular flexibility index (Phi) is 4.70. The summed E-state index contributed by atoms with van der Waals surface area (Å²) in [7, 11) is 0. The summed E-state index contributed by atoms with van der Waals surface area (Å²) in [6, 6.07) is 0. The topological polar surface area (TPSA) is 49.5 Å². The van der Waals surface area contributed by atoms with E-state index < -0.39 is 0 Å². The maximum Gasteiger partial charge on any atom is 0.0639 e. The van der Waals surface area contributed by atoms with E-state index in [-0.39, 0.29) is 6.10 Å². The minimum atomic E-state index is -0.189. The highest BCUT2D eigenvalue weighted by Gasteiger charge is 2.18. The Balaban J connectivity index is 2.15. The van der Waals surface area contributed by atoms with Gasteiger partial charge in [-0.25, -0.2) is 0 Å². The molecule has 1 aliphatic rings. The molecule has 0 aromatic carbocycles. The van der Waals surface area contributed by atoms with Crippen LogP contribution in [0.4, 0.5) is 0 Å². The number of hydrogen-bond acceptors (Lipinski definition) is 3. The Morgan fingerprint density at radius 1 is 1.46 bits per heavy atom. The van der Waals surface area contributed by atoms with Gasteiger partial charge in [-0.1, -0.05) is 0 Å². The Morgan fingerprint density at radius 3 is 2.54 bits per heavy atom. The molecule has 3 nitrogen and oxygen atoms in total. The van der Waals surface area contributed by atoms with E-state index >= 15 is 0 Å². The number of piperidine rings is 1. The lowest BCUT2D eigenvalue weighted by atomic mass is 9.93. The van der Waals surface area contributed by atoms with Crippen molar-refractivity contribution in [1.29, 1.82) is 0 Å². The van der Waals surface area contributed by atoms with Gasteiger partial charge >= 0.3 is 0 Å². The number of nitrogens with zero attached hydrogens (tertiary/aromatic N) is 1. The van der Waals surface area contributed by atoms with Gasteiger partial charge in [0.05, 0.1) is 6.10 Å². The summed E-state index contributed by atoms with van der Waals surface area (Å²) in [4.78, 5) is 2.34. The average molecular weight is 186 g/mol. The zero-order valence-corrected chi connectivity index (χ0v) is 8.58. The standard InChI is InChI=1S/C10H22N2O/c1-9(13)8-12-6-3-10(2-5-11)4-7-12/h9-10,13H,2-8,11H2,1H3/t9-/m0/s1. The van der Waals surface area contributed by atoms with E-state index in [0.717, 1.165) is 32.1 Å². The molecule has 0 unspecified atom stereocenters. The molecule has 0 spiro atoms. The fourth-order valence-corrected chi connectivity index (χ4v) is 2.07. The highest BCUT2D eigenvalue weighted by molar-refractivity contribution is 4.73. The minimum Gasteiger partial charge on any atom is -0.392 e. The normalized spacial score (nSPS) is 23.3. The van der Waals surface area contributed by atoms with E-state index in [2.05, 4.69) is 4.90 Å². The zero-order valence-electron chi connectivity index (χ0n) is 8.58. The molecule has 3 heteroatoms. The quantitative estimate of drug-likeness (QED) is 0.669. The van der Waals surface area contributed by atoms with Crippen LogP contribution in [0, 0.1) is 5.92 Å². The number of likely N-dealkylation sites (tertiary alicyclic amines) is 1. The van der Waals surface area contributed by atoms with Crippen LogP contribution in [0.5, 0.6) is 0 Å². The predicted octanol–water partition coefficient (Wildman–Crippen LogP) is 0.428. The Bertz CT molecular complexity index is 131. The van der Waals surface area contributed by atoms with Crippen LogP contribution in [0.1, 0.15) is 26.2 Å². The SMILES string of the molecule is C[C@H](O)CN1CCC(CCN)CC1. The second-order valence-electron chi connectivity index (χ2n) is 4.17. The summed E-state index contributed by atoms with van der Waals surface area (Å²) in [5.74, 6) is 0.829. The zero-order chi connectivity index (χ0) is 9.68. The lowest BCUT2D eigenvalue weighted by molar-refractivity contribution is 0.0990. The van der Waals surface area contributed by atoms with E-state index in [1.807, 2.05) is 6.92 Å². The van der Waals surface area contributed by atoms with Crippen LogP contribution in [-0.2, 0) is 0 Å². The molecule has 1 atom stereocenters. The fraction of sp³-hybridized carbons (Fsp3) is 1.00. The molecule has 0 radical (unpaired) electrons. The van der Waals surface area contributed by atoms with Gasteiger partial charge in [-0.2, -0.15) is 0 Å². The number of hydrogen-bond donors (Lipinski definition) is 2. The maximum absolute atomic E-state index is 9.21. The number of rotatable bonds is 4. The summed E-state index contributed by atoms with van der Waals surface area (Å²) in [6.07, 6.45) is 3.49. The Hall–Kier alpha value is -0.120. The van der Waals surface area contributed by atoms with Crippen LogP contribution in [0.2, 0.25) is 0 Å². The summed E-state index contributed by atoms with van der Waals surface area (Å²) < 4.78 is 0. The van der Waals surface area contributed by atoms with Crippen molar-refractivity contribution >= 4 is 0 Å². The molecular weight excluding hydrogens is 164 g/mol. The molecule has 13 heavy (non-hydrogen) atoms. The molecule has 1 saturated heterocycles. The molecule has 0 aliphatic carbocycles. The van der Waals surface area contributed by atoms with E-state index in [1.54, 1.807) is 0 Å². The molecule has 1 fully saturated rings. The van der Waals surface area contributed by atoms with Crippen molar-refractivity contribution in [2.45, 2.75) is 32.3 Å². The van der Waals surface area contributed by atoms with Crippen molar-refractivity contribution in [2.24, 2.45) is 11.7 Å². The Morgan fingerprint density at radius 2 is 2.08 bits per heavy atom. The van der Waals surface area contributed by atoms with Crippen molar-refractivity contribution < 1.29 is 5.11 Å². The van der Waals surface area contributed by atoms with Crippen molar-refractivity contribution in [3.05, 3.63) is 0 Å². The molecule has 0 bridgehead atoms. The van der Waals surface area contributed by atoms with Crippen LogP contribution in [-0.4, -0.2) is 42.3 Å². The van der Waals surface area contributed by atoms with Gasteiger partial charge in [0.1, 0.15) is 0 Å². The minimum absolute atomic E-state index is 0.189. The summed E-state index contributed by atoms with van der Waals surface area (Å²) in [5.41, 5.74) is 5.52. The number of nitrogens with two attached hydrogens (primary N) is 1. The van der Waals surface area contributed by atoms with Crippen molar-refractivity contribution in [2.75, 3.05) is 26.2 Å². The first kappa shape index (κ1) is 11.0. The second kappa shape index (κ2) is 5.58. The van der Waals surface area contributed by atoms with Crippen molar-refractivity contribution in [3.8, 4) is 0 Å². The Labute approximate surface area is 80.9 Å². The molecule has 0 saturated carbocycles. The average Bonchev–Trinajstić information content (AvgIpc) is 2.08. The van der Waals surface area contributed by atoms with Crippen LogP contribution >= 0.6 is 0 Å². The first-order chi connectivity index (χ1) is 6.22. The molecule has 0 aromatic heterocycles. The molecule has 1 heterocycles. The highest BCUT2D eigenvalue weighted by atomic mass is 16.3.